The van der Waals surface area contributed by atoms with E-state index in [1.54, 1.807) is 0 Å². The summed E-state index contributed by atoms with van der Waals surface area (Å²) in [7, 11) is 0. The molecule has 0 bridgehead atoms. The molecule has 0 spiro atoms. The molecule has 0 nitrogen and oxygen atoms in total. The van der Waals surface area contributed by atoms with Crippen LogP contribution in [0.2, 0.25) is 0 Å². The van der Waals surface area contributed by atoms with Gasteiger partial charge in [-0.1, -0.05) is 67.4 Å². The van der Waals surface area contributed by atoms with Crippen molar-refractivity contribution in [3.8, 4) is 0 Å². The molecule has 0 atom stereocenters. The molecule has 0 aliphatic rings. The van der Waals surface area contributed by atoms with Crippen molar-refractivity contribution in [1.29, 1.82) is 0 Å². The van der Waals surface area contributed by atoms with Crippen molar-refractivity contribution < 1.29 is 50.3 Å². The van der Waals surface area contributed by atoms with E-state index in [9.17, 15) is 17.6 Å². The molecule has 101 valence electrons. The Morgan fingerprint density at radius 1 is 1.00 bits per heavy atom. The third-order valence-corrected chi connectivity index (χ3v) is 2.68. The molecule has 0 N–H and O–H groups in total. The molecule has 0 amide bonds. The number of benzene rings is 1. The minimum atomic E-state index is -4.59. The van der Waals surface area contributed by atoms with Crippen LogP contribution in [0, 0.1) is 6.43 Å². The molecule has 0 saturated carbocycles. The predicted octanol–water partition coefficient (Wildman–Crippen LogP) is 5.40. The van der Waals surface area contributed by atoms with Crippen LogP contribution in [-0.2, 0) is 37.0 Å². The molecular weight excluding hydrogens is 368 g/mol. The second-order valence-corrected chi connectivity index (χ2v) is 4.10. The van der Waals surface area contributed by atoms with Gasteiger partial charge in [-0.15, -0.1) is 0 Å². The van der Waals surface area contributed by atoms with Gasteiger partial charge in [0.15, 0.2) is 4.33 Å². The first kappa shape index (κ1) is 20.9. The Morgan fingerprint density at radius 2 is 1.39 bits per heavy atom. The van der Waals surface area contributed by atoms with Crippen LogP contribution in [0.5, 0.6) is 0 Å². The fraction of sp³-hybridized carbons (Fsp3) is 0.364. The number of rotatable bonds is 3. The molecule has 0 aromatic heterocycles. The average Bonchev–Trinajstić information content (AvgIpc) is 2.32. The van der Waals surface area contributed by atoms with Crippen LogP contribution in [0.15, 0.2) is 30.3 Å². The Labute approximate surface area is 139 Å². The Bertz CT molecular complexity index is 331. The van der Waals surface area contributed by atoms with Crippen molar-refractivity contribution in [2.24, 2.45) is 0 Å². The van der Waals surface area contributed by atoms with Gasteiger partial charge in [0.1, 0.15) is 0 Å². The van der Waals surface area contributed by atoms with Crippen LogP contribution in [0.25, 0.3) is 0 Å². The van der Waals surface area contributed by atoms with E-state index in [0.717, 1.165) is 12.1 Å². The summed E-state index contributed by atoms with van der Waals surface area (Å²) < 4.78 is 46.9. The van der Waals surface area contributed by atoms with E-state index in [0.29, 0.717) is 0 Å². The van der Waals surface area contributed by atoms with E-state index in [1.165, 1.54) is 18.2 Å². The van der Waals surface area contributed by atoms with E-state index in [2.05, 4.69) is 0 Å². The zero-order valence-corrected chi connectivity index (χ0v) is 14.1. The van der Waals surface area contributed by atoms with E-state index < -0.39 is 16.7 Å². The summed E-state index contributed by atoms with van der Waals surface area (Å²) in [5.41, 5.74) is -0.286. The van der Waals surface area contributed by atoms with Gasteiger partial charge >= 0.3 is 0 Å². The maximum absolute atomic E-state index is 13.0. The third-order valence-electron chi connectivity index (χ3n) is 1.77. The molecular formula is C11H11Cl2F4Y-. The maximum Gasteiger partial charge on any atom is 0.225 e. The van der Waals surface area contributed by atoms with Gasteiger partial charge < -0.3 is 8.78 Å². The first-order chi connectivity index (χ1) is 7.80. The number of halogens is 6. The summed E-state index contributed by atoms with van der Waals surface area (Å²) in [4.78, 5) is 0. The third kappa shape index (κ3) is 4.62. The van der Waals surface area contributed by atoms with Gasteiger partial charge in [-0.3, -0.25) is 0 Å². The molecule has 1 aromatic carbocycles. The fourth-order valence-electron chi connectivity index (χ4n) is 0.947. The number of hydrogen-bond acceptors (Lipinski definition) is 0. The zero-order chi connectivity index (χ0) is 13.7. The maximum atomic E-state index is 13.0. The van der Waals surface area contributed by atoms with Crippen molar-refractivity contribution in [3.63, 3.8) is 0 Å². The molecule has 0 saturated heterocycles. The fourth-order valence-corrected chi connectivity index (χ4v) is 1.34. The first-order valence-corrected chi connectivity index (χ1v) is 5.55. The van der Waals surface area contributed by atoms with E-state index in [-0.39, 0.29) is 38.3 Å². The van der Waals surface area contributed by atoms with Crippen molar-refractivity contribution >= 4 is 23.2 Å². The van der Waals surface area contributed by atoms with Crippen molar-refractivity contribution in [2.45, 2.75) is 24.1 Å². The van der Waals surface area contributed by atoms with Crippen LogP contribution >= 0.6 is 23.2 Å². The van der Waals surface area contributed by atoms with Crippen molar-refractivity contribution in [1.82, 2.24) is 0 Å². The van der Waals surface area contributed by atoms with Gasteiger partial charge in [0.2, 0.25) is 5.92 Å². The molecule has 18 heavy (non-hydrogen) atoms. The Balaban J connectivity index is 0. The summed E-state index contributed by atoms with van der Waals surface area (Å²) in [5.74, 6) is -4.59. The minimum Gasteiger partial charge on any atom is -0.415 e. The van der Waals surface area contributed by atoms with Crippen molar-refractivity contribution in [3.05, 3.63) is 42.3 Å². The van der Waals surface area contributed by atoms with E-state index in [4.69, 9.17) is 23.2 Å². The van der Waals surface area contributed by atoms with Gasteiger partial charge in [0.05, 0.1) is 6.43 Å². The Hall–Kier alpha value is 0.624. The van der Waals surface area contributed by atoms with Gasteiger partial charge in [0.25, 0.3) is 0 Å². The predicted molar refractivity (Wildman–Crippen MR) is 61.6 cm³/mol. The molecule has 1 radical (unpaired) electrons. The van der Waals surface area contributed by atoms with Crippen LogP contribution in [0.1, 0.15) is 19.4 Å². The van der Waals surface area contributed by atoms with E-state index in [1.807, 2.05) is 13.8 Å². The zero-order valence-electron chi connectivity index (χ0n) is 9.73. The Kier molecular flexibility index (Phi) is 10.1. The normalized spacial score (nSPS) is 11.4. The molecule has 0 aliphatic heterocycles. The van der Waals surface area contributed by atoms with Gasteiger partial charge in [-0.25, -0.2) is 8.78 Å². The monoisotopic (exact) mass is 378 g/mol. The topological polar surface area (TPSA) is 0 Å². The minimum absolute atomic E-state index is 0. The SMILES string of the molecule is CC.F[C-](F)C(F)(F)C(Cl)(Cl)c1ccccc1.[Y]. The summed E-state index contributed by atoms with van der Waals surface area (Å²) in [5, 5.41) is 0. The molecule has 1 aromatic rings. The molecule has 0 fully saturated rings. The first-order valence-electron chi connectivity index (χ1n) is 4.79. The number of hydrogen-bond donors (Lipinski definition) is 0. The molecule has 0 unspecified atom stereocenters. The molecule has 0 heterocycles. The van der Waals surface area contributed by atoms with Crippen LogP contribution in [0.3, 0.4) is 0 Å². The second-order valence-electron chi connectivity index (χ2n) is 2.78. The van der Waals surface area contributed by atoms with Crippen LogP contribution < -0.4 is 0 Å². The largest absolute Gasteiger partial charge is 0.415 e. The summed E-state index contributed by atoms with van der Waals surface area (Å²) >= 11 is 10.5. The summed E-state index contributed by atoms with van der Waals surface area (Å²) in [6.45, 7) is 4.00. The number of alkyl halides is 4. The van der Waals surface area contributed by atoms with Gasteiger partial charge in [-0.2, -0.15) is 0 Å². The average molecular weight is 379 g/mol. The summed E-state index contributed by atoms with van der Waals surface area (Å²) in [6, 6.07) is 6.58. The quantitative estimate of drug-likeness (QED) is 0.375. The van der Waals surface area contributed by atoms with E-state index >= 15 is 0 Å². The molecule has 1 rings (SSSR count). The summed E-state index contributed by atoms with van der Waals surface area (Å²) in [6.07, 6.45) is -3.11. The van der Waals surface area contributed by atoms with Crippen molar-refractivity contribution in [2.75, 3.05) is 0 Å². The molecule has 7 heteroatoms. The molecule has 0 aliphatic carbocycles. The van der Waals surface area contributed by atoms with Gasteiger partial charge in [0, 0.05) is 32.7 Å². The van der Waals surface area contributed by atoms with Crippen LogP contribution in [0.4, 0.5) is 17.6 Å². The smallest absolute Gasteiger partial charge is 0.225 e. The van der Waals surface area contributed by atoms with Crippen LogP contribution in [-0.4, -0.2) is 5.92 Å². The Morgan fingerprint density at radius 3 is 1.72 bits per heavy atom. The van der Waals surface area contributed by atoms with Gasteiger partial charge in [-0.05, 0) is 5.56 Å². The second kappa shape index (κ2) is 8.73. The standard InChI is InChI=1S/C9H5Cl2F4.C2H6.Y/c10-8(11,9(14,15)7(12)13)6-4-2-1-3-5-6;1-2;/h1-5H;1-2H3;/q-1;;.